The summed E-state index contributed by atoms with van der Waals surface area (Å²) in [5.74, 6) is 0.906. The Hall–Kier alpha value is -2.04. The highest BCUT2D eigenvalue weighted by Gasteiger charge is 2.24. The van der Waals surface area contributed by atoms with Crippen molar-refractivity contribution in [2.75, 3.05) is 0 Å². The van der Waals surface area contributed by atoms with E-state index in [4.69, 9.17) is 14.6 Å². The van der Waals surface area contributed by atoms with Crippen LogP contribution in [0, 0.1) is 6.92 Å². The van der Waals surface area contributed by atoms with Gasteiger partial charge in [-0.25, -0.2) is 4.98 Å². The fraction of sp³-hybridized carbons (Fsp3) is 0.333. The smallest absolute Gasteiger partial charge is 0.290 e. The predicted octanol–water partition coefficient (Wildman–Crippen LogP) is 1.88. The SMILES string of the molecule is Cc1ccc(OC2CC2)c2nccn12.O=CO. The molecule has 5 heteroatoms. The van der Waals surface area contributed by atoms with Gasteiger partial charge in [0.25, 0.3) is 6.47 Å². The number of rotatable bonds is 2. The fourth-order valence-electron chi connectivity index (χ4n) is 1.58. The molecule has 1 saturated carbocycles. The Kier molecular flexibility index (Phi) is 3.27. The molecule has 2 heterocycles. The van der Waals surface area contributed by atoms with E-state index in [1.807, 2.05) is 18.5 Å². The quantitative estimate of drug-likeness (QED) is 0.806. The Morgan fingerprint density at radius 1 is 1.53 bits per heavy atom. The summed E-state index contributed by atoms with van der Waals surface area (Å²) < 4.78 is 7.82. The molecule has 1 fully saturated rings. The van der Waals surface area contributed by atoms with Crippen LogP contribution in [0.4, 0.5) is 0 Å². The average molecular weight is 234 g/mol. The second-order valence-corrected chi connectivity index (χ2v) is 3.88. The molecule has 0 aromatic carbocycles. The molecule has 0 atom stereocenters. The number of hydrogen-bond acceptors (Lipinski definition) is 3. The molecule has 90 valence electrons. The lowest BCUT2D eigenvalue weighted by Gasteiger charge is -2.07. The van der Waals surface area contributed by atoms with E-state index < -0.39 is 0 Å². The Morgan fingerprint density at radius 3 is 2.88 bits per heavy atom. The standard InChI is InChI=1S/C11H12N2O.CH2O2/c1-8-2-5-10(14-9-3-4-9)11-12-6-7-13(8)11;2-1-3/h2,5-7,9H,3-4H2,1H3;1H,(H,2,3). The maximum absolute atomic E-state index is 8.36. The van der Waals surface area contributed by atoms with Crippen molar-refractivity contribution in [1.82, 2.24) is 9.38 Å². The first-order valence-electron chi connectivity index (χ1n) is 5.43. The van der Waals surface area contributed by atoms with Crippen LogP contribution in [0.1, 0.15) is 18.5 Å². The number of aryl methyl sites for hydroxylation is 1. The lowest BCUT2D eigenvalue weighted by Crippen LogP contribution is -1.99. The second-order valence-electron chi connectivity index (χ2n) is 3.88. The van der Waals surface area contributed by atoms with E-state index in [0.717, 1.165) is 11.4 Å². The first kappa shape index (κ1) is 11.4. The van der Waals surface area contributed by atoms with Crippen LogP contribution in [0.15, 0.2) is 24.5 Å². The normalized spacial score (nSPS) is 13.9. The molecule has 17 heavy (non-hydrogen) atoms. The Labute approximate surface area is 98.7 Å². The molecule has 0 amide bonds. The summed E-state index contributed by atoms with van der Waals surface area (Å²) >= 11 is 0. The molecule has 3 rings (SSSR count). The van der Waals surface area contributed by atoms with E-state index >= 15 is 0 Å². The molecule has 0 saturated heterocycles. The van der Waals surface area contributed by atoms with Crippen molar-refractivity contribution in [3.63, 3.8) is 0 Å². The summed E-state index contributed by atoms with van der Waals surface area (Å²) in [6.07, 6.45) is 6.56. The molecule has 1 N–H and O–H groups in total. The first-order chi connectivity index (χ1) is 8.26. The van der Waals surface area contributed by atoms with Gasteiger partial charge in [0.15, 0.2) is 11.4 Å². The van der Waals surface area contributed by atoms with Gasteiger partial charge >= 0.3 is 0 Å². The topological polar surface area (TPSA) is 63.8 Å². The molecule has 1 aliphatic rings. The van der Waals surface area contributed by atoms with Gasteiger partial charge in [0, 0.05) is 18.1 Å². The zero-order valence-corrected chi connectivity index (χ0v) is 9.54. The number of ether oxygens (including phenoxy) is 1. The molecule has 5 nitrogen and oxygen atoms in total. The molecule has 0 spiro atoms. The van der Waals surface area contributed by atoms with Crippen LogP contribution in [0.25, 0.3) is 5.65 Å². The van der Waals surface area contributed by atoms with Crippen LogP contribution in [0.2, 0.25) is 0 Å². The number of fused-ring (bicyclic) bond motifs is 1. The number of imidazole rings is 1. The first-order valence-corrected chi connectivity index (χ1v) is 5.43. The van der Waals surface area contributed by atoms with Crippen molar-refractivity contribution in [3.05, 3.63) is 30.2 Å². The monoisotopic (exact) mass is 234 g/mol. The minimum Gasteiger partial charge on any atom is -0.487 e. The van der Waals surface area contributed by atoms with Gasteiger partial charge in [-0.15, -0.1) is 0 Å². The van der Waals surface area contributed by atoms with Gasteiger partial charge in [0.1, 0.15) is 0 Å². The molecule has 0 radical (unpaired) electrons. The fourth-order valence-corrected chi connectivity index (χ4v) is 1.58. The largest absolute Gasteiger partial charge is 0.487 e. The predicted molar refractivity (Wildman–Crippen MR) is 62.3 cm³/mol. The van der Waals surface area contributed by atoms with Crippen molar-refractivity contribution in [2.24, 2.45) is 0 Å². The summed E-state index contributed by atoms with van der Waals surface area (Å²) in [5.41, 5.74) is 2.11. The van der Waals surface area contributed by atoms with E-state index in [1.165, 1.54) is 18.5 Å². The van der Waals surface area contributed by atoms with Gasteiger partial charge in [-0.05, 0) is 31.9 Å². The molecule has 1 aliphatic carbocycles. The van der Waals surface area contributed by atoms with Crippen molar-refractivity contribution in [3.8, 4) is 5.75 Å². The number of nitrogens with zero attached hydrogens (tertiary/aromatic N) is 2. The Morgan fingerprint density at radius 2 is 2.24 bits per heavy atom. The third-order valence-electron chi connectivity index (χ3n) is 2.54. The molecule has 0 unspecified atom stereocenters. The number of aromatic nitrogens is 2. The van der Waals surface area contributed by atoms with Crippen molar-refractivity contribution in [1.29, 1.82) is 0 Å². The lowest BCUT2D eigenvalue weighted by atomic mass is 10.3. The number of pyridine rings is 1. The molecular formula is C12H14N2O3. The van der Waals surface area contributed by atoms with Crippen LogP contribution in [-0.4, -0.2) is 27.1 Å². The Bertz CT molecular complexity index is 517. The summed E-state index contributed by atoms with van der Waals surface area (Å²) in [5, 5.41) is 6.89. The highest BCUT2D eigenvalue weighted by molar-refractivity contribution is 5.54. The van der Waals surface area contributed by atoms with E-state index in [-0.39, 0.29) is 6.47 Å². The summed E-state index contributed by atoms with van der Waals surface area (Å²) in [4.78, 5) is 12.7. The number of carbonyl (C=O) groups is 1. The number of hydrogen-bond donors (Lipinski definition) is 1. The van der Waals surface area contributed by atoms with Crippen LogP contribution in [0.5, 0.6) is 5.75 Å². The van der Waals surface area contributed by atoms with Crippen LogP contribution in [-0.2, 0) is 4.79 Å². The Balaban J connectivity index is 0.000000329. The maximum Gasteiger partial charge on any atom is 0.290 e. The van der Waals surface area contributed by atoms with Gasteiger partial charge in [-0.2, -0.15) is 0 Å². The van der Waals surface area contributed by atoms with Gasteiger partial charge in [0.05, 0.1) is 6.10 Å². The highest BCUT2D eigenvalue weighted by Crippen LogP contribution is 2.29. The van der Waals surface area contributed by atoms with Gasteiger partial charge in [0.2, 0.25) is 0 Å². The molecule has 0 bridgehead atoms. The summed E-state index contributed by atoms with van der Waals surface area (Å²) in [6.45, 7) is 1.82. The van der Waals surface area contributed by atoms with Crippen molar-refractivity contribution in [2.45, 2.75) is 25.9 Å². The third kappa shape index (κ3) is 2.55. The lowest BCUT2D eigenvalue weighted by molar-refractivity contribution is -0.122. The van der Waals surface area contributed by atoms with E-state index in [0.29, 0.717) is 6.10 Å². The van der Waals surface area contributed by atoms with Crippen LogP contribution in [0.3, 0.4) is 0 Å². The highest BCUT2D eigenvalue weighted by atomic mass is 16.5. The van der Waals surface area contributed by atoms with E-state index in [9.17, 15) is 0 Å². The zero-order valence-electron chi connectivity index (χ0n) is 9.54. The molecule has 0 aliphatic heterocycles. The third-order valence-corrected chi connectivity index (χ3v) is 2.54. The average Bonchev–Trinajstić information content (AvgIpc) is 2.96. The molecule has 2 aromatic rings. The summed E-state index contributed by atoms with van der Waals surface area (Å²) in [6, 6.07) is 4.07. The minimum atomic E-state index is -0.250. The summed E-state index contributed by atoms with van der Waals surface area (Å²) in [7, 11) is 0. The van der Waals surface area contributed by atoms with Gasteiger partial charge in [-0.3, -0.25) is 4.79 Å². The van der Waals surface area contributed by atoms with E-state index in [2.05, 4.69) is 22.4 Å². The van der Waals surface area contributed by atoms with E-state index in [1.54, 1.807) is 0 Å². The van der Waals surface area contributed by atoms with Gasteiger partial charge in [-0.1, -0.05) is 0 Å². The van der Waals surface area contributed by atoms with Crippen LogP contribution < -0.4 is 4.74 Å². The molecular weight excluding hydrogens is 220 g/mol. The van der Waals surface area contributed by atoms with Crippen molar-refractivity contribution < 1.29 is 14.6 Å². The number of carboxylic acid groups (broad SMARTS) is 1. The zero-order chi connectivity index (χ0) is 12.3. The minimum absolute atomic E-state index is 0.250. The van der Waals surface area contributed by atoms with Gasteiger partial charge < -0.3 is 14.2 Å². The second kappa shape index (κ2) is 4.86. The molecule has 2 aromatic heterocycles. The van der Waals surface area contributed by atoms with Crippen molar-refractivity contribution >= 4 is 12.1 Å². The van der Waals surface area contributed by atoms with Crippen LogP contribution >= 0.6 is 0 Å². The maximum atomic E-state index is 8.36.